The van der Waals surface area contributed by atoms with Crippen LogP contribution in [0.3, 0.4) is 0 Å². The summed E-state index contributed by atoms with van der Waals surface area (Å²) < 4.78 is 49.0. The van der Waals surface area contributed by atoms with Crippen LogP contribution < -0.4 is 14.8 Å². The number of ether oxygens (including phenoxy) is 2. The maximum absolute atomic E-state index is 12.9. The SMILES string of the molecule is FC(F)(F)Oc1ccc2c(c1C1CCNCC1)C=Nc1ccccc1O2. The van der Waals surface area contributed by atoms with Gasteiger partial charge in [0.05, 0.1) is 0 Å². The summed E-state index contributed by atoms with van der Waals surface area (Å²) in [4.78, 5) is 4.42. The average Bonchev–Trinajstić information content (AvgIpc) is 2.80. The lowest BCUT2D eigenvalue weighted by Crippen LogP contribution is -2.28. The largest absolute Gasteiger partial charge is 0.573 e. The second kappa shape index (κ2) is 6.64. The summed E-state index contributed by atoms with van der Waals surface area (Å²) in [6.07, 6.45) is -1.71. The first kappa shape index (κ1) is 16.9. The molecule has 0 amide bonds. The Labute approximate surface area is 148 Å². The molecule has 7 heteroatoms. The Hall–Kier alpha value is -2.54. The third kappa shape index (κ3) is 3.39. The highest BCUT2D eigenvalue weighted by molar-refractivity contribution is 5.90. The Morgan fingerprint density at radius 2 is 1.81 bits per heavy atom. The van der Waals surface area contributed by atoms with Gasteiger partial charge in [0.2, 0.25) is 0 Å². The molecule has 1 N–H and O–H groups in total. The Bertz CT molecular complexity index is 843. The van der Waals surface area contributed by atoms with Gasteiger partial charge in [-0.05, 0) is 56.1 Å². The van der Waals surface area contributed by atoms with Crippen LogP contribution in [0.25, 0.3) is 0 Å². The van der Waals surface area contributed by atoms with E-state index in [-0.39, 0.29) is 11.7 Å². The molecule has 0 atom stereocenters. The fraction of sp³-hybridized carbons (Fsp3) is 0.316. The number of benzene rings is 2. The van der Waals surface area contributed by atoms with Gasteiger partial charge < -0.3 is 14.8 Å². The molecule has 0 aromatic heterocycles. The van der Waals surface area contributed by atoms with Crippen LogP contribution in [0.2, 0.25) is 0 Å². The van der Waals surface area contributed by atoms with Crippen molar-refractivity contribution < 1.29 is 22.6 Å². The number of hydrogen-bond acceptors (Lipinski definition) is 4. The molecule has 2 aliphatic rings. The lowest BCUT2D eigenvalue weighted by Gasteiger charge is -2.27. The summed E-state index contributed by atoms with van der Waals surface area (Å²) in [5, 5.41) is 3.23. The molecule has 2 heterocycles. The average molecular weight is 362 g/mol. The van der Waals surface area contributed by atoms with Gasteiger partial charge in [0.1, 0.15) is 17.2 Å². The van der Waals surface area contributed by atoms with Gasteiger partial charge in [-0.3, -0.25) is 4.99 Å². The Morgan fingerprint density at radius 3 is 2.58 bits per heavy atom. The van der Waals surface area contributed by atoms with E-state index in [1.54, 1.807) is 18.3 Å². The minimum Gasteiger partial charge on any atom is -0.454 e. The molecule has 0 spiro atoms. The number of halogens is 3. The van der Waals surface area contributed by atoms with E-state index in [1.807, 2.05) is 12.1 Å². The number of para-hydroxylation sites is 2. The molecular formula is C19H17F3N2O2. The van der Waals surface area contributed by atoms with Crippen molar-refractivity contribution in [3.05, 3.63) is 47.5 Å². The third-order valence-electron chi connectivity index (χ3n) is 4.60. The van der Waals surface area contributed by atoms with Crippen molar-refractivity contribution in [3.63, 3.8) is 0 Å². The van der Waals surface area contributed by atoms with E-state index in [4.69, 9.17) is 4.74 Å². The smallest absolute Gasteiger partial charge is 0.454 e. The number of aliphatic imine (C=N–C) groups is 1. The van der Waals surface area contributed by atoms with Crippen LogP contribution in [0.15, 0.2) is 41.4 Å². The predicted molar refractivity (Wildman–Crippen MR) is 91.7 cm³/mol. The molecule has 2 aromatic rings. The standard InChI is InChI=1S/C19H17F3N2O2/c20-19(21,22)26-17-6-5-15-13(18(17)12-7-9-23-10-8-12)11-24-14-3-1-2-4-16(14)25-15/h1-6,11-12,23H,7-10H2. The molecule has 0 radical (unpaired) electrons. The second-order valence-electron chi connectivity index (χ2n) is 6.29. The molecule has 136 valence electrons. The number of nitrogens with zero attached hydrogens (tertiary/aromatic N) is 1. The minimum absolute atomic E-state index is 0.0557. The van der Waals surface area contributed by atoms with Crippen LogP contribution in [0, 0.1) is 0 Å². The fourth-order valence-corrected chi connectivity index (χ4v) is 3.47. The van der Waals surface area contributed by atoms with Gasteiger partial charge >= 0.3 is 6.36 Å². The first-order chi connectivity index (χ1) is 12.5. The Kier molecular flexibility index (Phi) is 4.32. The van der Waals surface area contributed by atoms with Crippen LogP contribution >= 0.6 is 0 Å². The molecule has 1 saturated heterocycles. The lowest BCUT2D eigenvalue weighted by atomic mass is 9.86. The number of piperidine rings is 1. The van der Waals surface area contributed by atoms with Crippen LogP contribution in [-0.4, -0.2) is 25.7 Å². The van der Waals surface area contributed by atoms with Crippen LogP contribution in [0.5, 0.6) is 17.2 Å². The number of fused-ring (bicyclic) bond motifs is 2. The maximum Gasteiger partial charge on any atom is 0.573 e. The van der Waals surface area contributed by atoms with E-state index in [0.717, 1.165) is 25.9 Å². The highest BCUT2D eigenvalue weighted by Gasteiger charge is 2.35. The van der Waals surface area contributed by atoms with E-state index in [2.05, 4.69) is 15.0 Å². The van der Waals surface area contributed by atoms with Crippen LogP contribution in [-0.2, 0) is 0 Å². The summed E-state index contributed by atoms with van der Waals surface area (Å²) in [5.41, 5.74) is 1.70. The summed E-state index contributed by atoms with van der Waals surface area (Å²) >= 11 is 0. The molecule has 0 saturated carbocycles. The topological polar surface area (TPSA) is 42.8 Å². The van der Waals surface area contributed by atoms with E-state index < -0.39 is 6.36 Å². The van der Waals surface area contributed by atoms with E-state index in [0.29, 0.717) is 28.3 Å². The van der Waals surface area contributed by atoms with Crippen molar-refractivity contribution >= 4 is 11.9 Å². The normalized spacial score (nSPS) is 17.0. The molecule has 2 aromatic carbocycles. The molecule has 1 fully saturated rings. The van der Waals surface area contributed by atoms with Gasteiger partial charge in [-0.2, -0.15) is 0 Å². The highest BCUT2D eigenvalue weighted by Crippen LogP contribution is 2.44. The summed E-state index contributed by atoms with van der Waals surface area (Å²) in [6.45, 7) is 1.50. The lowest BCUT2D eigenvalue weighted by molar-refractivity contribution is -0.275. The zero-order chi connectivity index (χ0) is 18.1. The van der Waals surface area contributed by atoms with Crippen molar-refractivity contribution in [3.8, 4) is 17.2 Å². The van der Waals surface area contributed by atoms with Crippen LogP contribution in [0.4, 0.5) is 18.9 Å². The fourth-order valence-electron chi connectivity index (χ4n) is 3.47. The van der Waals surface area contributed by atoms with Gasteiger partial charge in [-0.15, -0.1) is 13.2 Å². The molecular weight excluding hydrogens is 345 g/mol. The van der Waals surface area contributed by atoms with Crippen molar-refractivity contribution in [2.75, 3.05) is 13.1 Å². The number of hydrogen-bond donors (Lipinski definition) is 1. The molecule has 4 rings (SSSR count). The van der Waals surface area contributed by atoms with Crippen LogP contribution in [0.1, 0.15) is 29.9 Å². The third-order valence-corrected chi connectivity index (χ3v) is 4.60. The van der Waals surface area contributed by atoms with Gasteiger partial charge in [0.25, 0.3) is 0 Å². The molecule has 2 aliphatic heterocycles. The van der Waals surface area contributed by atoms with Crippen molar-refractivity contribution in [1.82, 2.24) is 5.32 Å². The quantitative estimate of drug-likeness (QED) is 0.704. The van der Waals surface area contributed by atoms with Crippen molar-refractivity contribution in [1.29, 1.82) is 0 Å². The van der Waals surface area contributed by atoms with E-state index in [9.17, 15) is 13.2 Å². The number of rotatable bonds is 2. The van der Waals surface area contributed by atoms with Gasteiger partial charge in [0.15, 0.2) is 5.75 Å². The minimum atomic E-state index is -4.75. The molecule has 0 unspecified atom stereocenters. The molecule has 26 heavy (non-hydrogen) atoms. The predicted octanol–water partition coefficient (Wildman–Crippen LogP) is 4.91. The van der Waals surface area contributed by atoms with Gasteiger partial charge in [-0.25, -0.2) is 0 Å². The monoisotopic (exact) mass is 362 g/mol. The molecule has 0 bridgehead atoms. The first-order valence-corrected chi connectivity index (χ1v) is 8.45. The second-order valence-corrected chi connectivity index (χ2v) is 6.29. The van der Waals surface area contributed by atoms with E-state index >= 15 is 0 Å². The summed E-state index contributed by atoms with van der Waals surface area (Å²) in [5.74, 6) is 0.828. The molecule has 4 nitrogen and oxygen atoms in total. The Morgan fingerprint density at radius 1 is 1.04 bits per heavy atom. The Balaban J connectivity index is 1.84. The van der Waals surface area contributed by atoms with E-state index in [1.165, 1.54) is 12.1 Å². The molecule has 0 aliphatic carbocycles. The van der Waals surface area contributed by atoms with Crippen molar-refractivity contribution in [2.45, 2.75) is 25.1 Å². The highest BCUT2D eigenvalue weighted by atomic mass is 19.4. The maximum atomic E-state index is 12.9. The van der Waals surface area contributed by atoms with Crippen molar-refractivity contribution in [2.24, 2.45) is 4.99 Å². The first-order valence-electron chi connectivity index (χ1n) is 8.45. The summed E-state index contributed by atoms with van der Waals surface area (Å²) in [7, 11) is 0. The van der Waals surface area contributed by atoms with Gasteiger partial charge in [-0.1, -0.05) is 12.1 Å². The van der Waals surface area contributed by atoms with Gasteiger partial charge in [0, 0.05) is 17.3 Å². The summed E-state index contributed by atoms with van der Waals surface area (Å²) in [6, 6.07) is 10.1. The number of alkyl halides is 3. The zero-order valence-corrected chi connectivity index (χ0v) is 13.8. The zero-order valence-electron chi connectivity index (χ0n) is 13.8. The number of nitrogens with one attached hydrogen (secondary N) is 1.